The summed E-state index contributed by atoms with van der Waals surface area (Å²) in [7, 11) is 0. The second-order valence-corrected chi connectivity index (χ2v) is 4.40. The fraction of sp³-hybridized carbons (Fsp3) is 0.429. The molecular formula is C14H18N2O. The molecule has 0 aliphatic rings. The minimum atomic E-state index is 0.0479. The van der Waals surface area contributed by atoms with E-state index in [2.05, 4.69) is 11.9 Å². The van der Waals surface area contributed by atoms with E-state index < -0.39 is 0 Å². The summed E-state index contributed by atoms with van der Waals surface area (Å²) in [5, 5.41) is 1.07. The molecule has 0 fully saturated rings. The van der Waals surface area contributed by atoms with Crippen molar-refractivity contribution in [1.29, 1.82) is 0 Å². The van der Waals surface area contributed by atoms with Crippen LogP contribution >= 0.6 is 0 Å². The van der Waals surface area contributed by atoms with Gasteiger partial charge in [0.05, 0.1) is 0 Å². The van der Waals surface area contributed by atoms with Gasteiger partial charge in [-0.15, -0.1) is 0 Å². The zero-order valence-corrected chi connectivity index (χ0v) is 10.4. The van der Waals surface area contributed by atoms with Crippen LogP contribution in [0.5, 0.6) is 0 Å². The van der Waals surface area contributed by atoms with E-state index in [4.69, 9.17) is 0 Å². The zero-order chi connectivity index (χ0) is 12.3. The Morgan fingerprint density at radius 1 is 1.24 bits per heavy atom. The van der Waals surface area contributed by atoms with Gasteiger partial charge in [0.1, 0.15) is 5.65 Å². The lowest BCUT2D eigenvalue weighted by Crippen LogP contribution is -2.20. The van der Waals surface area contributed by atoms with Crippen molar-refractivity contribution in [2.24, 2.45) is 0 Å². The third-order valence-corrected chi connectivity index (χ3v) is 3.09. The largest absolute Gasteiger partial charge is 0.293 e. The number of aryl methyl sites for hydroxylation is 2. The molecule has 2 heterocycles. The molecule has 0 unspecified atom stereocenters. The number of nitrogens with zero attached hydrogens (tertiary/aromatic N) is 2. The molecule has 0 N–H and O–H groups in total. The van der Waals surface area contributed by atoms with Crippen molar-refractivity contribution in [3.05, 3.63) is 40.3 Å². The van der Waals surface area contributed by atoms with E-state index in [0.717, 1.165) is 36.8 Å². The quantitative estimate of drug-likeness (QED) is 0.757. The van der Waals surface area contributed by atoms with Crippen LogP contribution in [0.1, 0.15) is 31.7 Å². The normalized spacial score (nSPS) is 10.9. The molecule has 0 saturated carbocycles. The zero-order valence-electron chi connectivity index (χ0n) is 10.4. The molecule has 0 radical (unpaired) electrons. The van der Waals surface area contributed by atoms with Crippen LogP contribution in [0.4, 0.5) is 0 Å². The van der Waals surface area contributed by atoms with Crippen molar-refractivity contribution in [3.8, 4) is 0 Å². The SMILES string of the molecule is CCCCCn1c(=O)ccc2c(C)ccnc21. The van der Waals surface area contributed by atoms with Gasteiger partial charge in [-0.05, 0) is 31.0 Å². The number of hydrogen-bond acceptors (Lipinski definition) is 2. The van der Waals surface area contributed by atoms with Crippen LogP contribution in [0.2, 0.25) is 0 Å². The van der Waals surface area contributed by atoms with Crippen molar-refractivity contribution in [2.75, 3.05) is 0 Å². The van der Waals surface area contributed by atoms with Crippen molar-refractivity contribution in [2.45, 2.75) is 39.7 Å². The Hall–Kier alpha value is -1.64. The van der Waals surface area contributed by atoms with E-state index in [9.17, 15) is 4.79 Å². The lowest BCUT2D eigenvalue weighted by Gasteiger charge is -2.09. The van der Waals surface area contributed by atoms with Gasteiger partial charge < -0.3 is 0 Å². The highest BCUT2D eigenvalue weighted by Crippen LogP contribution is 2.14. The molecule has 2 rings (SSSR count). The maximum atomic E-state index is 11.9. The summed E-state index contributed by atoms with van der Waals surface area (Å²) in [5.41, 5.74) is 2.03. The van der Waals surface area contributed by atoms with Gasteiger partial charge in [-0.25, -0.2) is 4.98 Å². The third-order valence-electron chi connectivity index (χ3n) is 3.09. The molecular weight excluding hydrogens is 212 g/mol. The average molecular weight is 230 g/mol. The standard InChI is InChI=1S/C14H18N2O/c1-3-4-5-10-16-13(17)7-6-12-11(2)8-9-15-14(12)16/h6-9H,3-5,10H2,1-2H3. The summed E-state index contributed by atoms with van der Waals surface area (Å²) >= 11 is 0. The maximum Gasteiger partial charge on any atom is 0.252 e. The van der Waals surface area contributed by atoms with Crippen LogP contribution in [0.3, 0.4) is 0 Å². The van der Waals surface area contributed by atoms with Gasteiger partial charge in [0.15, 0.2) is 0 Å². The Bertz CT molecular complexity index is 572. The van der Waals surface area contributed by atoms with Gasteiger partial charge in [0.25, 0.3) is 5.56 Å². The molecule has 2 aromatic heterocycles. The first-order valence-corrected chi connectivity index (χ1v) is 6.19. The summed E-state index contributed by atoms with van der Waals surface area (Å²) in [6.07, 6.45) is 5.11. The van der Waals surface area contributed by atoms with Gasteiger partial charge >= 0.3 is 0 Å². The third kappa shape index (κ3) is 2.38. The van der Waals surface area contributed by atoms with Crippen LogP contribution < -0.4 is 5.56 Å². The Labute approximate surface area is 101 Å². The fourth-order valence-electron chi connectivity index (χ4n) is 2.06. The molecule has 0 atom stereocenters. The van der Waals surface area contributed by atoms with Crippen LogP contribution in [0.15, 0.2) is 29.2 Å². The van der Waals surface area contributed by atoms with Crippen LogP contribution in [-0.4, -0.2) is 9.55 Å². The number of fused-ring (bicyclic) bond motifs is 1. The van der Waals surface area contributed by atoms with Crippen molar-refractivity contribution in [3.63, 3.8) is 0 Å². The number of unbranched alkanes of at least 4 members (excludes halogenated alkanes) is 2. The van der Waals surface area contributed by atoms with E-state index in [0.29, 0.717) is 0 Å². The Kier molecular flexibility index (Phi) is 3.57. The van der Waals surface area contributed by atoms with E-state index >= 15 is 0 Å². The highest BCUT2D eigenvalue weighted by atomic mass is 16.1. The average Bonchev–Trinajstić information content (AvgIpc) is 2.32. The number of rotatable bonds is 4. The molecule has 0 spiro atoms. The number of hydrogen-bond donors (Lipinski definition) is 0. The first kappa shape index (κ1) is 11.8. The molecule has 3 nitrogen and oxygen atoms in total. The summed E-state index contributed by atoms with van der Waals surface area (Å²) in [6, 6.07) is 5.49. The first-order valence-electron chi connectivity index (χ1n) is 6.19. The predicted molar refractivity (Wildman–Crippen MR) is 70.3 cm³/mol. The molecule has 0 saturated heterocycles. The van der Waals surface area contributed by atoms with Crippen molar-refractivity contribution < 1.29 is 0 Å². The van der Waals surface area contributed by atoms with Crippen molar-refractivity contribution >= 4 is 11.0 Å². The molecule has 0 bridgehead atoms. The smallest absolute Gasteiger partial charge is 0.252 e. The molecule has 17 heavy (non-hydrogen) atoms. The predicted octanol–water partition coefficient (Wildman–Crippen LogP) is 2.90. The number of aromatic nitrogens is 2. The summed E-state index contributed by atoms with van der Waals surface area (Å²) in [6.45, 7) is 4.97. The van der Waals surface area contributed by atoms with Gasteiger partial charge in [-0.3, -0.25) is 9.36 Å². The van der Waals surface area contributed by atoms with Crippen molar-refractivity contribution in [1.82, 2.24) is 9.55 Å². The minimum Gasteiger partial charge on any atom is -0.293 e. The lowest BCUT2D eigenvalue weighted by atomic mass is 10.2. The highest BCUT2D eigenvalue weighted by Gasteiger charge is 2.05. The molecule has 0 aliphatic carbocycles. The summed E-state index contributed by atoms with van der Waals surface area (Å²) in [5.74, 6) is 0. The van der Waals surface area contributed by atoms with E-state index in [-0.39, 0.29) is 5.56 Å². The van der Waals surface area contributed by atoms with Gasteiger partial charge in [0.2, 0.25) is 0 Å². The summed E-state index contributed by atoms with van der Waals surface area (Å²) in [4.78, 5) is 16.2. The second-order valence-electron chi connectivity index (χ2n) is 4.40. The van der Waals surface area contributed by atoms with E-state index in [1.807, 2.05) is 19.1 Å². The van der Waals surface area contributed by atoms with Crippen LogP contribution in [0.25, 0.3) is 11.0 Å². The lowest BCUT2D eigenvalue weighted by molar-refractivity contribution is 0.599. The van der Waals surface area contributed by atoms with E-state index in [1.165, 1.54) is 5.56 Å². The van der Waals surface area contributed by atoms with Crippen LogP contribution in [-0.2, 0) is 6.54 Å². The topological polar surface area (TPSA) is 34.9 Å². The Morgan fingerprint density at radius 2 is 2.06 bits per heavy atom. The van der Waals surface area contributed by atoms with Gasteiger partial charge in [0, 0.05) is 24.2 Å². The summed E-state index contributed by atoms with van der Waals surface area (Å²) < 4.78 is 1.79. The monoisotopic (exact) mass is 230 g/mol. The first-order chi connectivity index (χ1) is 8.24. The van der Waals surface area contributed by atoms with Gasteiger partial charge in [-0.2, -0.15) is 0 Å². The van der Waals surface area contributed by atoms with E-state index in [1.54, 1.807) is 16.8 Å². The highest BCUT2D eigenvalue weighted by molar-refractivity contribution is 5.78. The molecule has 0 aromatic carbocycles. The molecule has 0 amide bonds. The second kappa shape index (κ2) is 5.13. The maximum absolute atomic E-state index is 11.9. The Morgan fingerprint density at radius 3 is 2.82 bits per heavy atom. The molecule has 3 heteroatoms. The number of pyridine rings is 2. The molecule has 90 valence electrons. The minimum absolute atomic E-state index is 0.0479. The van der Waals surface area contributed by atoms with Crippen LogP contribution in [0, 0.1) is 6.92 Å². The molecule has 0 aliphatic heterocycles. The fourth-order valence-corrected chi connectivity index (χ4v) is 2.06. The molecule has 2 aromatic rings. The Balaban J connectivity index is 2.48. The van der Waals surface area contributed by atoms with Gasteiger partial charge in [-0.1, -0.05) is 19.8 Å².